The van der Waals surface area contributed by atoms with Gasteiger partial charge in [0.2, 0.25) is 0 Å². The van der Waals surface area contributed by atoms with Crippen LogP contribution >= 0.6 is 0 Å². The molecule has 1 spiro atoms. The van der Waals surface area contributed by atoms with Gasteiger partial charge in [-0.2, -0.15) is 0 Å². The Morgan fingerprint density at radius 1 is 0.344 bits per heavy atom. The Morgan fingerprint density at radius 3 is 1.66 bits per heavy atom. The Bertz CT molecular complexity index is 3350. The fraction of sp³-hybridized carbons (Fsp3) is 0.0517. The topological polar surface area (TPSA) is 38.7 Å². The predicted octanol–water partition coefficient (Wildman–Crippen LogP) is 14.3. The smallest absolute Gasteiger partial charge is 0.126 e. The number of nitrogens with zero attached hydrogens (tertiary/aromatic N) is 3. The van der Waals surface area contributed by atoms with Crippen LogP contribution in [0.1, 0.15) is 33.6 Å². The third kappa shape index (κ3) is 5.47. The summed E-state index contributed by atoms with van der Waals surface area (Å²) in [7, 11) is 0. The molecule has 61 heavy (non-hydrogen) atoms. The predicted molar refractivity (Wildman–Crippen MR) is 250 cm³/mol. The van der Waals surface area contributed by atoms with Crippen molar-refractivity contribution in [2.75, 3.05) is 0 Å². The summed E-state index contributed by atoms with van der Waals surface area (Å²) < 4.78 is 0. The van der Waals surface area contributed by atoms with Crippen LogP contribution in [0, 0.1) is 13.8 Å². The van der Waals surface area contributed by atoms with E-state index in [1.165, 1.54) is 77.5 Å². The average molecular weight is 778 g/mol. The molecule has 3 heteroatoms. The third-order valence-electron chi connectivity index (χ3n) is 12.9. The van der Waals surface area contributed by atoms with E-state index >= 15 is 0 Å². The zero-order valence-corrected chi connectivity index (χ0v) is 33.9. The first kappa shape index (κ1) is 35.2. The summed E-state index contributed by atoms with van der Waals surface area (Å²) >= 11 is 0. The van der Waals surface area contributed by atoms with Gasteiger partial charge in [-0.25, -0.2) is 9.97 Å². The second-order valence-corrected chi connectivity index (χ2v) is 16.5. The maximum absolute atomic E-state index is 5.05. The fourth-order valence-electron chi connectivity index (χ4n) is 10.2. The van der Waals surface area contributed by atoms with Crippen molar-refractivity contribution < 1.29 is 0 Å². The van der Waals surface area contributed by atoms with E-state index in [1.54, 1.807) is 0 Å². The first-order chi connectivity index (χ1) is 30.0. The van der Waals surface area contributed by atoms with E-state index in [0.29, 0.717) is 0 Å². The van der Waals surface area contributed by atoms with Crippen LogP contribution in [0.4, 0.5) is 0 Å². The minimum atomic E-state index is -0.477. The zero-order chi connectivity index (χ0) is 40.7. The number of pyridine rings is 1. The summed E-state index contributed by atoms with van der Waals surface area (Å²) in [5, 5.41) is 2.39. The quantitative estimate of drug-likeness (QED) is 0.175. The molecule has 0 fully saturated rings. The Morgan fingerprint density at radius 2 is 0.902 bits per heavy atom. The Hall–Kier alpha value is -7.75. The molecule has 0 saturated heterocycles. The lowest BCUT2D eigenvalue weighted by molar-refractivity contribution is 0.794. The lowest BCUT2D eigenvalue weighted by Gasteiger charge is -2.30. The van der Waals surface area contributed by atoms with Crippen molar-refractivity contribution in [1.29, 1.82) is 0 Å². The molecular weight excluding hydrogens is 739 g/mol. The Labute approximate surface area is 355 Å². The number of hydrogen-bond acceptors (Lipinski definition) is 3. The van der Waals surface area contributed by atoms with Crippen molar-refractivity contribution in [2.45, 2.75) is 19.3 Å². The van der Waals surface area contributed by atoms with E-state index in [2.05, 4.69) is 201 Å². The van der Waals surface area contributed by atoms with Crippen molar-refractivity contribution in [1.82, 2.24) is 15.0 Å². The van der Waals surface area contributed by atoms with Gasteiger partial charge in [0, 0.05) is 22.9 Å². The normalized spacial score (nSPS) is 12.9. The van der Waals surface area contributed by atoms with Gasteiger partial charge in [-0.3, -0.25) is 4.98 Å². The number of aromatic nitrogens is 3. The molecule has 2 aliphatic carbocycles. The Kier molecular flexibility index (Phi) is 7.88. The van der Waals surface area contributed by atoms with Gasteiger partial charge in [0.15, 0.2) is 0 Å². The molecule has 0 radical (unpaired) electrons. The van der Waals surface area contributed by atoms with Gasteiger partial charge in [-0.1, -0.05) is 158 Å². The summed E-state index contributed by atoms with van der Waals surface area (Å²) in [5.74, 6) is 0.752. The number of benzene rings is 8. The van der Waals surface area contributed by atoms with Crippen molar-refractivity contribution in [3.8, 4) is 78.3 Å². The van der Waals surface area contributed by atoms with Crippen LogP contribution in [-0.4, -0.2) is 15.0 Å². The van der Waals surface area contributed by atoms with E-state index in [9.17, 15) is 0 Å². The van der Waals surface area contributed by atoms with E-state index in [1.807, 2.05) is 13.1 Å². The highest BCUT2D eigenvalue weighted by Crippen LogP contribution is 2.63. The molecule has 2 aliphatic rings. The van der Waals surface area contributed by atoms with Crippen LogP contribution in [0.5, 0.6) is 0 Å². The van der Waals surface area contributed by atoms with Crippen LogP contribution in [0.2, 0.25) is 0 Å². The highest BCUT2D eigenvalue weighted by molar-refractivity contribution is 5.98. The molecular formula is C58H39N3. The molecule has 12 rings (SSSR count). The van der Waals surface area contributed by atoms with Gasteiger partial charge in [0.1, 0.15) is 5.82 Å². The highest BCUT2D eigenvalue weighted by atomic mass is 14.9. The minimum Gasteiger partial charge on any atom is -0.256 e. The second kappa shape index (κ2) is 13.7. The largest absolute Gasteiger partial charge is 0.256 e. The summed E-state index contributed by atoms with van der Waals surface area (Å²) in [6.45, 7) is 4.07. The SMILES string of the molecule is Cc1ccc(-c2cccc(-c3cccc(-c4ccc5c(c4)C4(c6ccccc6-c6ccccc64)c4ccc(-c6cc(-c7cccc8ccccc78)nc(C)n6)cc4-5)c3)c2)nc1. The molecule has 3 nitrogen and oxygen atoms in total. The molecule has 2 aromatic heterocycles. The van der Waals surface area contributed by atoms with Crippen molar-refractivity contribution >= 4 is 10.8 Å². The van der Waals surface area contributed by atoms with Gasteiger partial charge < -0.3 is 0 Å². The molecule has 0 bridgehead atoms. The van der Waals surface area contributed by atoms with Crippen LogP contribution in [-0.2, 0) is 5.41 Å². The van der Waals surface area contributed by atoms with Crippen LogP contribution in [0.3, 0.4) is 0 Å². The molecule has 0 saturated carbocycles. The minimum absolute atomic E-state index is 0.477. The molecule has 0 unspecified atom stereocenters. The van der Waals surface area contributed by atoms with Crippen molar-refractivity contribution in [3.63, 3.8) is 0 Å². The fourth-order valence-corrected chi connectivity index (χ4v) is 10.2. The molecule has 0 N–H and O–H groups in total. The maximum atomic E-state index is 5.05. The van der Waals surface area contributed by atoms with E-state index in [4.69, 9.17) is 15.0 Å². The second-order valence-electron chi connectivity index (χ2n) is 16.5. The first-order valence-corrected chi connectivity index (χ1v) is 21.0. The van der Waals surface area contributed by atoms with Crippen LogP contribution in [0.25, 0.3) is 89.1 Å². The summed E-state index contributed by atoms with van der Waals surface area (Å²) in [6.07, 6.45) is 1.93. The standard InChI is InChI=1S/C58H39N3/c1-36-24-29-55(59-35-36)43-17-10-16-41(31-43)39-14-9-15-40(30-39)42-25-27-48-50-32-44(56-34-57(61-37(2)60-56)49-21-11-13-38-12-3-4-18-45(38)49)26-28-53(50)58(54(48)33-42)51-22-7-5-19-46(51)47-20-6-8-23-52(47)58/h3-35H,1-2H3. The van der Waals surface area contributed by atoms with Crippen molar-refractivity contribution in [3.05, 3.63) is 234 Å². The molecule has 286 valence electrons. The molecule has 0 atom stereocenters. The molecule has 8 aromatic carbocycles. The molecule has 10 aromatic rings. The number of hydrogen-bond donors (Lipinski definition) is 0. The zero-order valence-electron chi connectivity index (χ0n) is 33.9. The highest BCUT2D eigenvalue weighted by Gasteiger charge is 2.51. The summed E-state index contributed by atoms with van der Waals surface area (Å²) in [4.78, 5) is 14.7. The van der Waals surface area contributed by atoms with Gasteiger partial charge >= 0.3 is 0 Å². The van der Waals surface area contributed by atoms with E-state index in [-0.39, 0.29) is 0 Å². The lowest BCUT2D eigenvalue weighted by Crippen LogP contribution is -2.25. The summed E-state index contributed by atoms with van der Waals surface area (Å²) in [5.41, 5.74) is 21.9. The molecule has 0 amide bonds. The first-order valence-electron chi connectivity index (χ1n) is 21.0. The maximum Gasteiger partial charge on any atom is 0.126 e. The molecule has 2 heterocycles. The third-order valence-corrected chi connectivity index (χ3v) is 12.9. The van der Waals surface area contributed by atoms with Crippen LogP contribution < -0.4 is 0 Å². The number of aryl methyl sites for hydroxylation is 2. The van der Waals surface area contributed by atoms with Gasteiger partial charge in [-0.05, 0) is 133 Å². The van der Waals surface area contributed by atoms with E-state index in [0.717, 1.165) is 45.2 Å². The average Bonchev–Trinajstić information content (AvgIpc) is 3.78. The Balaban J connectivity index is 1.02. The number of rotatable bonds is 5. The lowest BCUT2D eigenvalue weighted by atomic mass is 9.70. The van der Waals surface area contributed by atoms with Crippen LogP contribution in [0.15, 0.2) is 200 Å². The van der Waals surface area contributed by atoms with Gasteiger partial charge in [0.05, 0.1) is 22.5 Å². The van der Waals surface area contributed by atoms with Gasteiger partial charge in [-0.15, -0.1) is 0 Å². The monoisotopic (exact) mass is 777 g/mol. The van der Waals surface area contributed by atoms with Gasteiger partial charge in [0.25, 0.3) is 0 Å². The van der Waals surface area contributed by atoms with Crippen molar-refractivity contribution in [2.24, 2.45) is 0 Å². The van der Waals surface area contributed by atoms with E-state index < -0.39 is 5.41 Å². The summed E-state index contributed by atoms with van der Waals surface area (Å²) in [6, 6.07) is 71.2. The number of fused-ring (bicyclic) bond motifs is 11. The molecule has 0 aliphatic heterocycles.